The maximum Gasteiger partial charge on any atom is 0.251 e. The minimum atomic E-state index is -0.265. The van der Waals surface area contributed by atoms with Crippen LogP contribution in [-0.4, -0.2) is 17.1 Å². The fourth-order valence-electron chi connectivity index (χ4n) is 2.28. The van der Waals surface area contributed by atoms with Crippen LogP contribution in [0.3, 0.4) is 0 Å². The number of H-pyrrole nitrogens is 1. The van der Waals surface area contributed by atoms with E-state index in [1.165, 1.54) is 6.07 Å². The molecule has 0 spiro atoms. The number of aromatic amines is 1. The number of aromatic nitrogens is 1. The minimum Gasteiger partial charge on any atom is -0.505 e. The molecule has 0 aliphatic carbocycles. The zero-order chi connectivity index (χ0) is 14.5. The van der Waals surface area contributed by atoms with Crippen molar-refractivity contribution in [1.82, 2.24) is 4.98 Å². The van der Waals surface area contributed by atoms with Crippen LogP contribution in [-0.2, 0) is 6.42 Å². The van der Waals surface area contributed by atoms with Crippen LogP contribution in [0.2, 0.25) is 0 Å². The van der Waals surface area contributed by atoms with E-state index in [-0.39, 0.29) is 11.3 Å². The number of hydrogen-bond acceptors (Lipinski definition) is 3. The van der Waals surface area contributed by atoms with Crippen molar-refractivity contribution in [3.05, 3.63) is 52.4 Å². The third kappa shape index (κ3) is 3.02. The molecule has 2 rings (SSSR count). The lowest BCUT2D eigenvalue weighted by Gasteiger charge is -2.23. The second-order valence-corrected chi connectivity index (χ2v) is 4.84. The van der Waals surface area contributed by atoms with Gasteiger partial charge in [-0.05, 0) is 25.0 Å². The molecule has 106 valence electrons. The van der Waals surface area contributed by atoms with Crippen molar-refractivity contribution in [3.8, 4) is 5.75 Å². The highest BCUT2D eigenvalue weighted by Crippen LogP contribution is 2.33. The number of hydrogen-bond donors (Lipinski definition) is 2. The summed E-state index contributed by atoms with van der Waals surface area (Å²) in [4.78, 5) is 16.3. The number of rotatable bonds is 5. The number of anilines is 2. The highest BCUT2D eigenvalue weighted by molar-refractivity contribution is 5.70. The van der Waals surface area contributed by atoms with E-state index in [9.17, 15) is 9.90 Å². The fraction of sp³-hybridized carbons (Fsp3) is 0.312. The highest BCUT2D eigenvalue weighted by Gasteiger charge is 2.15. The first-order valence-corrected chi connectivity index (χ1v) is 6.87. The number of para-hydroxylation sites is 1. The number of benzene rings is 1. The average Bonchev–Trinajstić information content (AvgIpc) is 2.45. The van der Waals surface area contributed by atoms with Crippen molar-refractivity contribution < 1.29 is 5.11 Å². The van der Waals surface area contributed by atoms with E-state index in [0.29, 0.717) is 5.69 Å². The molecule has 0 radical (unpaired) electrons. The van der Waals surface area contributed by atoms with E-state index in [4.69, 9.17) is 0 Å². The Hall–Kier alpha value is -2.23. The number of nitrogens with one attached hydrogen (secondary N) is 1. The summed E-state index contributed by atoms with van der Waals surface area (Å²) in [6, 6.07) is 11.0. The van der Waals surface area contributed by atoms with Crippen LogP contribution in [0.5, 0.6) is 5.75 Å². The minimum absolute atomic E-state index is 0.0196. The summed E-state index contributed by atoms with van der Waals surface area (Å²) in [6.45, 7) is 2.10. The Morgan fingerprint density at radius 3 is 2.60 bits per heavy atom. The van der Waals surface area contributed by atoms with Crippen molar-refractivity contribution in [1.29, 1.82) is 0 Å². The van der Waals surface area contributed by atoms with Gasteiger partial charge in [0, 0.05) is 24.5 Å². The Kier molecular flexibility index (Phi) is 4.45. The first kappa shape index (κ1) is 14.2. The van der Waals surface area contributed by atoms with Crippen LogP contribution in [0.25, 0.3) is 0 Å². The molecule has 0 aliphatic rings. The molecule has 2 N–H and O–H groups in total. The molecular formula is C16H20N2O2. The first-order valence-electron chi connectivity index (χ1n) is 6.87. The van der Waals surface area contributed by atoms with Crippen LogP contribution < -0.4 is 10.5 Å². The van der Waals surface area contributed by atoms with Crippen molar-refractivity contribution in [2.24, 2.45) is 0 Å². The van der Waals surface area contributed by atoms with Gasteiger partial charge < -0.3 is 15.0 Å². The van der Waals surface area contributed by atoms with Gasteiger partial charge in [0.05, 0.1) is 0 Å². The largest absolute Gasteiger partial charge is 0.505 e. The van der Waals surface area contributed by atoms with Gasteiger partial charge in [-0.2, -0.15) is 0 Å². The molecule has 0 atom stereocenters. The van der Waals surface area contributed by atoms with Gasteiger partial charge in [0.15, 0.2) is 0 Å². The zero-order valence-electron chi connectivity index (χ0n) is 11.9. The van der Waals surface area contributed by atoms with Crippen molar-refractivity contribution in [3.63, 3.8) is 0 Å². The Balaban J connectivity index is 2.46. The number of unbranched alkanes of at least 4 members (excludes halogenated alkanes) is 1. The van der Waals surface area contributed by atoms with E-state index < -0.39 is 0 Å². The molecule has 0 saturated heterocycles. The quantitative estimate of drug-likeness (QED) is 0.879. The van der Waals surface area contributed by atoms with Crippen LogP contribution in [0.15, 0.2) is 41.2 Å². The van der Waals surface area contributed by atoms with Gasteiger partial charge >= 0.3 is 0 Å². The summed E-state index contributed by atoms with van der Waals surface area (Å²) in [5, 5.41) is 10.1. The molecule has 2 aromatic rings. The van der Waals surface area contributed by atoms with Gasteiger partial charge in [0.2, 0.25) is 0 Å². The van der Waals surface area contributed by atoms with E-state index in [1.807, 2.05) is 42.3 Å². The van der Waals surface area contributed by atoms with Crippen LogP contribution in [0.4, 0.5) is 11.4 Å². The van der Waals surface area contributed by atoms with Gasteiger partial charge in [-0.3, -0.25) is 4.79 Å². The molecule has 0 bridgehead atoms. The molecule has 1 aromatic heterocycles. The van der Waals surface area contributed by atoms with Gasteiger partial charge in [-0.1, -0.05) is 31.5 Å². The molecule has 4 nitrogen and oxygen atoms in total. The lowest BCUT2D eigenvalue weighted by Crippen LogP contribution is -2.17. The Bertz CT molecular complexity index is 620. The number of aromatic hydroxyl groups is 1. The van der Waals surface area contributed by atoms with Crippen LogP contribution in [0.1, 0.15) is 25.5 Å². The maximum atomic E-state index is 11.6. The Morgan fingerprint density at radius 2 is 1.95 bits per heavy atom. The smallest absolute Gasteiger partial charge is 0.251 e. The van der Waals surface area contributed by atoms with Crippen molar-refractivity contribution in [2.45, 2.75) is 26.2 Å². The Morgan fingerprint density at radius 1 is 1.25 bits per heavy atom. The first-order chi connectivity index (χ1) is 9.63. The molecule has 1 aromatic carbocycles. The van der Waals surface area contributed by atoms with Gasteiger partial charge in [0.1, 0.15) is 11.4 Å². The predicted molar refractivity (Wildman–Crippen MR) is 81.8 cm³/mol. The fourth-order valence-corrected chi connectivity index (χ4v) is 2.28. The lowest BCUT2D eigenvalue weighted by molar-refractivity contribution is 0.473. The molecule has 20 heavy (non-hydrogen) atoms. The van der Waals surface area contributed by atoms with E-state index in [2.05, 4.69) is 11.9 Å². The van der Waals surface area contributed by atoms with Gasteiger partial charge in [-0.25, -0.2) is 0 Å². The molecule has 0 fully saturated rings. The van der Waals surface area contributed by atoms with Crippen molar-refractivity contribution in [2.75, 3.05) is 11.9 Å². The molecule has 0 aliphatic heterocycles. The number of nitrogens with zero attached hydrogens (tertiary/aromatic N) is 1. The predicted octanol–water partition coefficient (Wildman–Crippen LogP) is 3.19. The van der Waals surface area contributed by atoms with E-state index in [1.54, 1.807) is 0 Å². The second kappa shape index (κ2) is 6.28. The van der Waals surface area contributed by atoms with Gasteiger partial charge in [0.25, 0.3) is 5.56 Å². The summed E-state index contributed by atoms with van der Waals surface area (Å²) in [5.41, 5.74) is 2.15. The number of pyridine rings is 1. The maximum absolute atomic E-state index is 11.6. The highest BCUT2D eigenvalue weighted by atomic mass is 16.3. The summed E-state index contributed by atoms with van der Waals surface area (Å²) < 4.78 is 0. The normalized spacial score (nSPS) is 10.5. The Labute approximate surface area is 118 Å². The lowest BCUT2D eigenvalue weighted by atomic mass is 10.1. The molecular weight excluding hydrogens is 252 g/mol. The third-order valence-corrected chi connectivity index (χ3v) is 3.33. The average molecular weight is 272 g/mol. The molecule has 0 amide bonds. The third-order valence-electron chi connectivity index (χ3n) is 3.33. The monoisotopic (exact) mass is 272 g/mol. The SMILES string of the molecule is CCCCc1[nH]c(=O)cc(O)c1N(C)c1ccccc1. The molecule has 0 unspecified atom stereocenters. The summed E-state index contributed by atoms with van der Waals surface area (Å²) in [7, 11) is 1.89. The van der Waals surface area contributed by atoms with Gasteiger partial charge in [-0.15, -0.1) is 0 Å². The zero-order valence-corrected chi connectivity index (χ0v) is 11.9. The summed E-state index contributed by atoms with van der Waals surface area (Å²) in [6.07, 6.45) is 2.74. The number of aryl methyl sites for hydroxylation is 1. The van der Waals surface area contributed by atoms with Crippen LogP contribution in [0, 0.1) is 0 Å². The summed E-state index contributed by atoms with van der Waals surface area (Å²) in [5.74, 6) is 0.0196. The summed E-state index contributed by atoms with van der Waals surface area (Å²) >= 11 is 0. The van der Waals surface area contributed by atoms with E-state index in [0.717, 1.165) is 30.6 Å². The van der Waals surface area contributed by atoms with E-state index >= 15 is 0 Å². The molecule has 1 heterocycles. The molecule has 0 saturated carbocycles. The second-order valence-electron chi connectivity index (χ2n) is 4.84. The van der Waals surface area contributed by atoms with Crippen molar-refractivity contribution >= 4 is 11.4 Å². The molecule has 4 heteroatoms. The topological polar surface area (TPSA) is 56.3 Å². The standard InChI is InChI=1S/C16H20N2O2/c1-3-4-10-13-16(14(19)11-15(20)17-13)18(2)12-8-6-5-7-9-12/h5-9,11H,3-4,10H2,1-2H3,(H2,17,19,20). The van der Waals surface area contributed by atoms with Crippen LogP contribution >= 0.6 is 0 Å².